The molecule has 0 spiro atoms. The second kappa shape index (κ2) is 4.03. The number of hydrogen-bond donors (Lipinski definition) is 0. The van der Waals surface area contributed by atoms with Crippen molar-refractivity contribution < 1.29 is 8.78 Å². The zero-order valence-corrected chi connectivity index (χ0v) is 8.53. The smallest absolute Gasteiger partial charge is 0.205 e. The van der Waals surface area contributed by atoms with Gasteiger partial charge in [-0.3, -0.25) is 0 Å². The molecule has 0 atom stereocenters. The van der Waals surface area contributed by atoms with Crippen molar-refractivity contribution in [2.24, 2.45) is 0 Å². The summed E-state index contributed by atoms with van der Waals surface area (Å²) in [5.74, 6) is 0. The molecule has 0 aromatic heterocycles. The van der Waals surface area contributed by atoms with Crippen LogP contribution in [0.5, 0.6) is 0 Å². The van der Waals surface area contributed by atoms with Crippen molar-refractivity contribution in [3.05, 3.63) is 32.8 Å². The molecule has 0 saturated carbocycles. The summed E-state index contributed by atoms with van der Waals surface area (Å²) in [7, 11) is 0. The molecule has 1 aromatic carbocycles. The molecule has 68 valence electrons. The van der Waals surface area contributed by atoms with E-state index >= 15 is 0 Å². The first-order valence-corrected chi connectivity index (χ1v) is 4.40. The molecule has 0 fully saturated rings. The number of halogens is 4. The lowest BCUT2D eigenvalue weighted by atomic mass is 10.1. The molecule has 0 bridgehead atoms. The summed E-state index contributed by atoms with van der Waals surface area (Å²) in [5.41, 5.74) is -0.146. The van der Waals surface area contributed by atoms with Gasteiger partial charge in [0.2, 0.25) is 0 Å². The minimum absolute atomic E-state index is 0.106. The molecule has 0 aliphatic carbocycles. The maximum Gasteiger partial charge on any atom is 0.265 e. The van der Waals surface area contributed by atoms with Gasteiger partial charge in [-0.1, -0.05) is 11.6 Å². The highest BCUT2D eigenvalue weighted by Crippen LogP contribution is 2.32. The zero-order valence-electron chi connectivity index (χ0n) is 6.19. The Morgan fingerprint density at radius 1 is 1.46 bits per heavy atom. The van der Waals surface area contributed by atoms with Crippen LogP contribution < -0.4 is 0 Å². The van der Waals surface area contributed by atoms with Gasteiger partial charge >= 0.3 is 0 Å². The van der Waals surface area contributed by atoms with Crippen molar-refractivity contribution in [3.63, 3.8) is 0 Å². The van der Waals surface area contributed by atoms with E-state index in [1.54, 1.807) is 6.07 Å². The molecule has 13 heavy (non-hydrogen) atoms. The van der Waals surface area contributed by atoms with Crippen molar-refractivity contribution >= 4 is 27.5 Å². The van der Waals surface area contributed by atoms with E-state index in [0.717, 1.165) is 6.07 Å². The van der Waals surface area contributed by atoms with Gasteiger partial charge in [0.25, 0.3) is 6.43 Å². The highest BCUT2D eigenvalue weighted by molar-refractivity contribution is 9.10. The number of alkyl halides is 2. The Bertz CT molecular complexity index is 373. The Hall–Kier alpha value is -0.660. The van der Waals surface area contributed by atoms with Crippen LogP contribution in [-0.4, -0.2) is 0 Å². The first-order chi connectivity index (χ1) is 6.06. The van der Waals surface area contributed by atoms with Crippen molar-refractivity contribution in [1.29, 1.82) is 5.26 Å². The second-order valence-electron chi connectivity index (χ2n) is 2.27. The molecule has 5 heteroatoms. The fourth-order valence-corrected chi connectivity index (χ4v) is 1.57. The molecule has 1 rings (SSSR count). The number of hydrogen-bond acceptors (Lipinski definition) is 1. The molecule has 0 aliphatic heterocycles. The maximum absolute atomic E-state index is 12.3. The molecule has 0 N–H and O–H groups in total. The SMILES string of the molecule is N#Cc1cc(Cl)cc(C(F)F)c1Br. The van der Waals surface area contributed by atoms with Gasteiger partial charge in [0.05, 0.1) is 5.56 Å². The van der Waals surface area contributed by atoms with Crippen LogP contribution in [0.3, 0.4) is 0 Å². The van der Waals surface area contributed by atoms with E-state index in [1.165, 1.54) is 6.07 Å². The lowest BCUT2D eigenvalue weighted by molar-refractivity contribution is 0.150. The maximum atomic E-state index is 12.3. The first-order valence-electron chi connectivity index (χ1n) is 3.23. The van der Waals surface area contributed by atoms with Crippen molar-refractivity contribution in [2.75, 3.05) is 0 Å². The molecular weight excluding hydrogens is 263 g/mol. The molecule has 0 heterocycles. The molecule has 0 amide bonds. The van der Waals surface area contributed by atoms with Crippen LogP contribution in [0.1, 0.15) is 17.6 Å². The minimum Gasteiger partial charge on any atom is -0.205 e. The monoisotopic (exact) mass is 265 g/mol. The van der Waals surface area contributed by atoms with E-state index in [4.69, 9.17) is 16.9 Å². The molecule has 1 aromatic rings. The quantitative estimate of drug-likeness (QED) is 0.756. The van der Waals surface area contributed by atoms with E-state index in [1.807, 2.05) is 0 Å². The van der Waals surface area contributed by atoms with Gasteiger partial charge in [-0.2, -0.15) is 5.26 Å². The average Bonchev–Trinajstić information content (AvgIpc) is 2.08. The Balaban J connectivity index is 3.38. The Morgan fingerprint density at radius 3 is 2.54 bits per heavy atom. The summed E-state index contributed by atoms with van der Waals surface area (Å²) in [4.78, 5) is 0. The minimum atomic E-state index is -2.64. The molecule has 0 radical (unpaired) electrons. The molecule has 1 nitrogen and oxygen atoms in total. The lowest BCUT2D eigenvalue weighted by Gasteiger charge is -2.04. The van der Waals surface area contributed by atoms with Gasteiger partial charge in [0.1, 0.15) is 6.07 Å². The van der Waals surface area contributed by atoms with Crippen LogP contribution in [-0.2, 0) is 0 Å². The van der Waals surface area contributed by atoms with Crippen molar-refractivity contribution in [3.8, 4) is 6.07 Å². The third kappa shape index (κ3) is 2.17. The number of rotatable bonds is 1. The van der Waals surface area contributed by atoms with Crippen molar-refractivity contribution in [2.45, 2.75) is 6.43 Å². The normalized spacial score (nSPS) is 10.2. The Morgan fingerprint density at radius 2 is 2.08 bits per heavy atom. The lowest BCUT2D eigenvalue weighted by Crippen LogP contribution is -1.89. The summed E-state index contributed by atoms with van der Waals surface area (Å²) in [6, 6.07) is 4.23. The first kappa shape index (κ1) is 10.4. The topological polar surface area (TPSA) is 23.8 Å². The second-order valence-corrected chi connectivity index (χ2v) is 3.50. The molecule has 0 unspecified atom stereocenters. The van der Waals surface area contributed by atoms with Crippen molar-refractivity contribution in [1.82, 2.24) is 0 Å². The Kier molecular flexibility index (Phi) is 3.23. The summed E-state index contributed by atoms with van der Waals surface area (Å²) in [5, 5.41) is 8.70. The Labute approximate surface area is 87.1 Å². The molecule has 0 aliphatic rings. The fraction of sp³-hybridized carbons (Fsp3) is 0.125. The summed E-state index contributed by atoms with van der Waals surface area (Å²) < 4.78 is 24.8. The standard InChI is InChI=1S/C8H3BrClF2N/c9-7-4(3-13)1-5(10)2-6(7)8(11)12/h1-2,8H. The van der Waals surface area contributed by atoms with E-state index in [9.17, 15) is 8.78 Å². The summed E-state index contributed by atoms with van der Waals surface area (Å²) >= 11 is 8.45. The van der Waals surface area contributed by atoms with Gasteiger partial charge < -0.3 is 0 Å². The van der Waals surface area contributed by atoms with Crippen LogP contribution >= 0.6 is 27.5 Å². The van der Waals surface area contributed by atoms with Crippen LogP contribution in [0.4, 0.5) is 8.78 Å². The number of benzene rings is 1. The van der Waals surface area contributed by atoms with Gasteiger partial charge in [-0.15, -0.1) is 0 Å². The highest BCUT2D eigenvalue weighted by Gasteiger charge is 2.15. The zero-order chi connectivity index (χ0) is 10.0. The molecular formula is C8H3BrClF2N. The summed E-state index contributed by atoms with van der Waals surface area (Å²) in [6.45, 7) is 0. The predicted octanol–water partition coefficient (Wildman–Crippen LogP) is 3.91. The van der Waals surface area contributed by atoms with Gasteiger partial charge in [0.15, 0.2) is 0 Å². The fourth-order valence-electron chi connectivity index (χ4n) is 0.850. The van der Waals surface area contributed by atoms with E-state index in [-0.39, 0.29) is 20.6 Å². The van der Waals surface area contributed by atoms with Gasteiger partial charge in [-0.05, 0) is 28.1 Å². The van der Waals surface area contributed by atoms with E-state index in [2.05, 4.69) is 15.9 Å². The number of nitriles is 1. The van der Waals surface area contributed by atoms with Crippen LogP contribution in [0.25, 0.3) is 0 Å². The van der Waals surface area contributed by atoms with E-state index < -0.39 is 6.43 Å². The number of nitrogens with zero attached hydrogens (tertiary/aromatic N) is 1. The third-order valence-electron chi connectivity index (χ3n) is 1.42. The van der Waals surface area contributed by atoms with E-state index in [0.29, 0.717) is 0 Å². The largest absolute Gasteiger partial charge is 0.265 e. The molecule has 0 saturated heterocycles. The third-order valence-corrected chi connectivity index (χ3v) is 2.52. The highest BCUT2D eigenvalue weighted by atomic mass is 79.9. The van der Waals surface area contributed by atoms with Crippen LogP contribution in [0.15, 0.2) is 16.6 Å². The average molecular weight is 266 g/mol. The summed E-state index contributed by atoms with van der Waals surface area (Å²) in [6.07, 6.45) is -2.64. The van der Waals surface area contributed by atoms with Crippen LogP contribution in [0, 0.1) is 11.3 Å². The predicted molar refractivity (Wildman–Crippen MR) is 48.8 cm³/mol. The van der Waals surface area contributed by atoms with Gasteiger partial charge in [0, 0.05) is 15.1 Å². The van der Waals surface area contributed by atoms with Gasteiger partial charge in [-0.25, -0.2) is 8.78 Å². The van der Waals surface area contributed by atoms with Crippen LogP contribution in [0.2, 0.25) is 5.02 Å².